The van der Waals surface area contributed by atoms with Gasteiger partial charge in [0.1, 0.15) is 11.8 Å². The van der Waals surface area contributed by atoms with Crippen molar-refractivity contribution in [1.82, 2.24) is 10.2 Å². The van der Waals surface area contributed by atoms with Gasteiger partial charge in [-0.05, 0) is 53.6 Å². The Morgan fingerprint density at radius 3 is 2.26 bits per heavy atom. The van der Waals surface area contributed by atoms with E-state index in [2.05, 4.69) is 26.1 Å². The van der Waals surface area contributed by atoms with Crippen molar-refractivity contribution >= 4 is 23.4 Å². The van der Waals surface area contributed by atoms with Crippen LogP contribution in [0.25, 0.3) is 0 Å². The molecule has 3 rings (SSSR count). The fraction of sp³-hybridized carbons (Fsp3) is 0.375. The number of hydrogen-bond acceptors (Lipinski definition) is 3. The maximum absolute atomic E-state index is 13.8. The SMILES string of the molecule is CC[C@@H](C)NC(=O)[C@@H](Cc1ccccc1)N(Cc1cccc(Cl)c1)C(=O)COc1ccccc1C(C)(C)C. The molecule has 0 bridgehead atoms. The molecule has 0 saturated heterocycles. The first-order valence-corrected chi connectivity index (χ1v) is 13.6. The fourth-order valence-corrected chi connectivity index (χ4v) is 4.47. The Labute approximate surface area is 232 Å². The van der Waals surface area contributed by atoms with Crippen LogP contribution in [-0.2, 0) is 28.0 Å². The van der Waals surface area contributed by atoms with E-state index in [0.717, 1.165) is 23.1 Å². The number of ether oxygens (including phenoxy) is 1. The number of halogens is 1. The highest BCUT2D eigenvalue weighted by Gasteiger charge is 2.31. The molecule has 6 heteroatoms. The average molecular weight is 535 g/mol. The maximum atomic E-state index is 13.8. The van der Waals surface area contributed by atoms with Crippen LogP contribution in [0.5, 0.6) is 5.75 Å². The molecule has 5 nitrogen and oxygen atoms in total. The third kappa shape index (κ3) is 8.35. The second-order valence-corrected chi connectivity index (χ2v) is 11.1. The van der Waals surface area contributed by atoms with Gasteiger partial charge in [0.05, 0.1) is 0 Å². The minimum absolute atomic E-state index is 0.0150. The second kappa shape index (κ2) is 13.5. The van der Waals surface area contributed by atoms with Crippen molar-refractivity contribution in [3.05, 3.63) is 101 Å². The first-order chi connectivity index (χ1) is 18.1. The lowest BCUT2D eigenvalue weighted by Gasteiger charge is -2.32. The predicted molar refractivity (Wildman–Crippen MR) is 154 cm³/mol. The van der Waals surface area contributed by atoms with E-state index in [9.17, 15) is 9.59 Å². The summed E-state index contributed by atoms with van der Waals surface area (Å²) in [6.45, 7) is 10.4. The summed E-state index contributed by atoms with van der Waals surface area (Å²) >= 11 is 6.26. The zero-order chi connectivity index (χ0) is 27.7. The van der Waals surface area contributed by atoms with Crippen LogP contribution in [-0.4, -0.2) is 35.4 Å². The molecule has 0 heterocycles. The van der Waals surface area contributed by atoms with Crippen molar-refractivity contribution < 1.29 is 14.3 Å². The van der Waals surface area contributed by atoms with E-state index in [0.29, 0.717) is 17.2 Å². The number of carbonyl (C=O) groups excluding carboxylic acids is 2. The average Bonchev–Trinajstić information content (AvgIpc) is 2.89. The molecule has 38 heavy (non-hydrogen) atoms. The monoisotopic (exact) mass is 534 g/mol. The Morgan fingerprint density at radius 2 is 1.61 bits per heavy atom. The molecule has 3 aromatic carbocycles. The molecule has 0 saturated carbocycles. The van der Waals surface area contributed by atoms with E-state index >= 15 is 0 Å². The topological polar surface area (TPSA) is 58.6 Å². The van der Waals surface area contributed by atoms with E-state index in [1.807, 2.05) is 86.6 Å². The summed E-state index contributed by atoms with van der Waals surface area (Å²) in [5.74, 6) is 0.210. The van der Waals surface area contributed by atoms with E-state index in [4.69, 9.17) is 16.3 Å². The van der Waals surface area contributed by atoms with E-state index in [-0.39, 0.29) is 36.4 Å². The standard InChI is InChI=1S/C32H39ClN2O3/c1-6-23(2)34-31(37)28(20-24-13-8-7-9-14-24)35(21-25-15-12-16-26(33)19-25)30(36)22-38-29-18-11-10-17-27(29)32(3,4)5/h7-19,23,28H,6,20-22H2,1-5H3,(H,34,37)/t23-,28-/m1/s1. The highest BCUT2D eigenvalue weighted by atomic mass is 35.5. The normalized spacial score (nSPS) is 12.9. The van der Waals surface area contributed by atoms with Gasteiger partial charge in [0, 0.05) is 24.0 Å². The number of nitrogens with zero attached hydrogens (tertiary/aromatic N) is 1. The van der Waals surface area contributed by atoms with Crippen LogP contribution in [0, 0.1) is 0 Å². The molecule has 0 spiro atoms. The van der Waals surface area contributed by atoms with Crippen molar-refractivity contribution in [2.75, 3.05) is 6.61 Å². The molecule has 2 amide bonds. The number of hydrogen-bond donors (Lipinski definition) is 1. The highest BCUT2D eigenvalue weighted by Crippen LogP contribution is 2.31. The van der Waals surface area contributed by atoms with Crippen LogP contribution in [0.2, 0.25) is 5.02 Å². The zero-order valence-corrected chi connectivity index (χ0v) is 23.8. The summed E-state index contributed by atoms with van der Waals surface area (Å²) in [6.07, 6.45) is 1.17. The first-order valence-electron chi connectivity index (χ1n) is 13.2. The molecule has 0 fully saturated rings. The Hall–Kier alpha value is -3.31. The minimum atomic E-state index is -0.723. The molecule has 0 unspecified atom stereocenters. The molecule has 0 radical (unpaired) electrons. The van der Waals surface area contributed by atoms with Gasteiger partial charge in [0.25, 0.3) is 5.91 Å². The van der Waals surface area contributed by atoms with E-state index < -0.39 is 6.04 Å². The van der Waals surface area contributed by atoms with Crippen molar-refractivity contribution in [2.24, 2.45) is 0 Å². The molecule has 0 aliphatic heterocycles. The number of amides is 2. The number of rotatable bonds is 11. The Balaban J connectivity index is 1.95. The van der Waals surface area contributed by atoms with Gasteiger partial charge in [0.15, 0.2) is 6.61 Å². The maximum Gasteiger partial charge on any atom is 0.261 e. The molecule has 3 aromatic rings. The molecule has 202 valence electrons. The lowest BCUT2D eigenvalue weighted by Crippen LogP contribution is -2.53. The van der Waals surface area contributed by atoms with Crippen molar-refractivity contribution in [1.29, 1.82) is 0 Å². The summed E-state index contributed by atoms with van der Waals surface area (Å²) in [4.78, 5) is 29.1. The summed E-state index contributed by atoms with van der Waals surface area (Å²) in [6, 6.07) is 24.2. The van der Waals surface area contributed by atoms with Crippen molar-refractivity contribution in [2.45, 2.75) is 71.5 Å². The molecule has 0 aromatic heterocycles. The minimum Gasteiger partial charge on any atom is -0.483 e. The third-order valence-electron chi connectivity index (χ3n) is 6.56. The summed E-state index contributed by atoms with van der Waals surface area (Å²) in [5.41, 5.74) is 2.69. The van der Waals surface area contributed by atoms with Crippen LogP contribution in [0.3, 0.4) is 0 Å². The summed E-state index contributed by atoms with van der Waals surface area (Å²) in [7, 11) is 0. The van der Waals surface area contributed by atoms with Crippen LogP contribution in [0.4, 0.5) is 0 Å². The van der Waals surface area contributed by atoms with Crippen LogP contribution in [0.15, 0.2) is 78.9 Å². The van der Waals surface area contributed by atoms with Gasteiger partial charge >= 0.3 is 0 Å². The third-order valence-corrected chi connectivity index (χ3v) is 6.80. The molecule has 0 aliphatic carbocycles. The molecule has 1 N–H and O–H groups in total. The van der Waals surface area contributed by atoms with Gasteiger partial charge in [0.2, 0.25) is 5.91 Å². The Morgan fingerprint density at radius 1 is 0.947 bits per heavy atom. The van der Waals surface area contributed by atoms with Crippen LogP contribution in [0.1, 0.15) is 57.7 Å². The van der Waals surface area contributed by atoms with Gasteiger partial charge in [-0.3, -0.25) is 9.59 Å². The zero-order valence-electron chi connectivity index (χ0n) is 23.0. The predicted octanol–water partition coefficient (Wildman–Crippen LogP) is 6.57. The second-order valence-electron chi connectivity index (χ2n) is 10.7. The Kier molecular flexibility index (Phi) is 10.4. The van der Waals surface area contributed by atoms with Crippen LogP contribution >= 0.6 is 11.6 Å². The Bertz CT molecular complexity index is 1210. The first kappa shape index (κ1) is 29.2. The largest absolute Gasteiger partial charge is 0.483 e. The lowest BCUT2D eigenvalue weighted by molar-refractivity contribution is -0.143. The number of nitrogens with one attached hydrogen (secondary N) is 1. The molecular weight excluding hydrogens is 496 g/mol. The summed E-state index contributed by atoms with van der Waals surface area (Å²) in [5, 5.41) is 3.66. The van der Waals surface area contributed by atoms with Gasteiger partial charge in [-0.15, -0.1) is 0 Å². The van der Waals surface area contributed by atoms with Crippen molar-refractivity contribution in [3.63, 3.8) is 0 Å². The quantitative estimate of drug-likeness (QED) is 0.302. The lowest BCUT2D eigenvalue weighted by atomic mass is 9.86. The fourth-order valence-electron chi connectivity index (χ4n) is 4.26. The molecular formula is C32H39ClN2O3. The summed E-state index contributed by atoms with van der Waals surface area (Å²) < 4.78 is 6.10. The van der Waals surface area contributed by atoms with Crippen LogP contribution < -0.4 is 10.1 Å². The van der Waals surface area contributed by atoms with Gasteiger partial charge in [-0.25, -0.2) is 0 Å². The van der Waals surface area contributed by atoms with Gasteiger partial charge in [-0.1, -0.05) is 100.0 Å². The van der Waals surface area contributed by atoms with Crippen molar-refractivity contribution in [3.8, 4) is 5.75 Å². The smallest absolute Gasteiger partial charge is 0.261 e. The number of carbonyl (C=O) groups is 2. The number of benzene rings is 3. The van der Waals surface area contributed by atoms with E-state index in [1.165, 1.54) is 0 Å². The number of para-hydroxylation sites is 1. The van der Waals surface area contributed by atoms with E-state index in [1.54, 1.807) is 11.0 Å². The molecule has 2 atom stereocenters. The molecule has 0 aliphatic rings. The highest BCUT2D eigenvalue weighted by molar-refractivity contribution is 6.30. The van der Waals surface area contributed by atoms with Gasteiger partial charge < -0.3 is 15.0 Å². The van der Waals surface area contributed by atoms with Gasteiger partial charge in [-0.2, -0.15) is 0 Å².